The Hall–Kier alpha value is -3.52. The highest BCUT2D eigenvalue weighted by Crippen LogP contribution is 2.42. The normalized spacial score (nSPS) is 23.4. The number of likely N-dealkylation sites (tertiary alicyclic amines) is 1. The molecule has 8 nitrogen and oxygen atoms in total. The van der Waals surface area contributed by atoms with Gasteiger partial charge in [0.05, 0.1) is 36.6 Å². The summed E-state index contributed by atoms with van der Waals surface area (Å²) < 4.78 is 17.0. The first kappa shape index (κ1) is 23.2. The van der Waals surface area contributed by atoms with E-state index >= 15 is 0 Å². The lowest BCUT2D eigenvalue weighted by atomic mass is 9.94. The fourth-order valence-corrected chi connectivity index (χ4v) is 4.99. The van der Waals surface area contributed by atoms with Crippen molar-refractivity contribution < 1.29 is 28.9 Å². The van der Waals surface area contributed by atoms with E-state index < -0.39 is 17.7 Å². The maximum Gasteiger partial charge on any atom is 0.295 e. The zero-order chi connectivity index (χ0) is 24.5. The van der Waals surface area contributed by atoms with Gasteiger partial charge in [-0.05, 0) is 55.7 Å². The summed E-state index contributed by atoms with van der Waals surface area (Å²) in [6.07, 6.45) is 1.62. The smallest absolute Gasteiger partial charge is 0.295 e. The van der Waals surface area contributed by atoms with Gasteiger partial charge in [-0.15, -0.1) is 0 Å². The van der Waals surface area contributed by atoms with Crippen LogP contribution in [0.1, 0.15) is 36.9 Å². The Morgan fingerprint density at radius 3 is 2.66 bits per heavy atom. The Morgan fingerprint density at radius 2 is 1.94 bits per heavy atom. The van der Waals surface area contributed by atoms with Gasteiger partial charge in [-0.2, -0.15) is 0 Å². The monoisotopic (exact) mass is 478 g/mol. The van der Waals surface area contributed by atoms with Crippen molar-refractivity contribution in [3.63, 3.8) is 0 Å². The number of nitrogens with zero attached hydrogens (tertiary/aromatic N) is 2. The fraction of sp³-hybridized carbons (Fsp3) is 0.407. The van der Waals surface area contributed by atoms with E-state index in [-0.39, 0.29) is 17.4 Å². The van der Waals surface area contributed by atoms with Crippen molar-refractivity contribution >= 4 is 23.1 Å². The van der Waals surface area contributed by atoms with Gasteiger partial charge < -0.3 is 29.1 Å². The summed E-state index contributed by atoms with van der Waals surface area (Å²) in [5, 5.41) is 11.4. The molecular weight excluding hydrogens is 448 g/mol. The number of amides is 1. The fourth-order valence-electron chi connectivity index (χ4n) is 4.99. The van der Waals surface area contributed by atoms with Crippen LogP contribution in [0.4, 0.5) is 5.69 Å². The van der Waals surface area contributed by atoms with Crippen LogP contribution in [0.5, 0.6) is 11.5 Å². The molecule has 5 rings (SSSR count). The molecule has 2 unspecified atom stereocenters. The molecule has 2 saturated heterocycles. The lowest BCUT2D eigenvalue weighted by molar-refractivity contribution is -0.140. The largest absolute Gasteiger partial charge is 0.507 e. The number of benzene rings is 2. The molecule has 2 atom stereocenters. The number of hydrogen-bond donors (Lipinski definition) is 1. The van der Waals surface area contributed by atoms with Gasteiger partial charge in [-0.25, -0.2) is 0 Å². The average molecular weight is 479 g/mol. The number of fused-ring (bicyclic) bond motifs is 1. The molecule has 0 radical (unpaired) electrons. The predicted octanol–water partition coefficient (Wildman–Crippen LogP) is 3.51. The number of ether oxygens (including phenoxy) is 3. The van der Waals surface area contributed by atoms with Gasteiger partial charge >= 0.3 is 0 Å². The molecule has 0 aliphatic carbocycles. The van der Waals surface area contributed by atoms with Crippen molar-refractivity contribution in [2.75, 3.05) is 44.9 Å². The number of aliphatic hydroxyl groups excluding tert-OH is 1. The van der Waals surface area contributed by atoms with Crippen LogP contribution in [0, 0.1) is 0 Å². The SMILES string of the molecule is CCOc1ccc(C2/C(=C(/O)c3ccc4c(c3)N(C)CCO4)C(=O)C(=O)N2CC2CCCO2)cc1. The number of aliphatic hydroxyl groups is 1. The van der Waals surface area contributed by atoms with Crippen LogP contribution in [-0.4, -0.2) is 67.8 Å². The van der Waals surface area contributed by atoms with E-state index in [1.54, 1.807) is 18.2 Å². The summed E-state index contributed by atoms with van der Waals surface area (Å²) in [4.78, 5) is 30.1. The van der Waals surface area contributed by atoms with Crippen molar-refractivity contribution in [1.82, 2.24) is 4.90 Å². The summed E-state index contributed by atoms with van der Waals surface area (Å²) in [5.74, 6) is -0.0952. The van der Waals surface area contributed by atoms with E-state index in [1.165, 1.54) is 4.90 Å². The number of ketones is 1. The molecule has 2 fully saturated rings. The number of hydrogen-bond acceptors (Lipinski definition) is 7. The standard InChI is InChI=1S/C27H30N2O6/c1-3-33-19-9-6-17(7-10-19)24-23(26(31)27(32)29(24)16-20-5-4-13-34-20)25(30)18-8-11-22-21(15-18)28(2)12-14-35-22/h6-11,15,20,24,30H,3-5,12-14,16H2,1-2H3/b25-23-. The third-order valence-electron chi connectivity index (χ3n) is 6.80. The molecular formula is C27H30N2O6. The molecule has 1 amide bonds. The minimum absolute atomic E-state index is 0.0801. The molecule has 1 N–H and O–H groups in total. The van der Waals surface area contributed by atoms with Gasteiger partial charge in [-0.3, -0.25) is 9.59 Å². The van der Waals surface area contributed by atoms with E-state index in [4.69, 9.17) is 14.2 Å². The third-order valence-corrected chi connectivity index (χ3v) is 6.80. The van der Waals surface area contributed by atoms with Gasteiger partial charge in [-0.1, -0.05) is 12.1 Å². The lowest BCUT2D eigenvalue weighted by Crippen LogP contribution is -2.36. The van der Waals surface area contributed by atoms with Crippen molar-refractivity contribution in [3.8, 4) is 11.5 Å². The number of anilines is 1. The van der Waals surface area contributed by atoms with Gasteiger partial charge in [0, 0.05) is 25.8 Å². The maximum atomic E-state index is 13.3. The van der Waals surface area contributed by atoms with E-state index in [0.717, 1.165) is 36.4 Å². The second-order valence-corrected chi connectivity index (χ2v) is 9.04. The molecule has 2 aromatic rings. The molecule has 0 aromatic heterocycles. The topological polar surface area (TPSA) is 88.5 Å². The molecule has 3 heterocycles. The highest BCUT2D eigenvalue weighted by molar-refractivity contribution is 6.46. The Kier molecular flexibility index (Phi) is 6.38. The van der Waals surface area contributed by atoms with Crippen molar-refractivity contribution in [2.24, 2.45) is 0 Å². The third kappa shape index (κ3) is 4.34. The van der Waals surface area contributed by atoms with Crippen molar-refractivity contribution in [3.05, 3.63) is 59.2 Å². The molecule has 184 valence electrons. The highest BCUT2D eigenvalue weighted by Gasteiger charge is 2.47. The molecule has 0 bridgehead atoms. The molecule has 0 spiro atoms. The first-order chi connectivity index (χ1) is 17.0. The van der Waals surface area contributed by atoms with E-state index in [2.05, 4.69) is 0 Å². The Labute approximate surface area is 204 Å². The van der Waals surface area contributed by atoms with Crippen LogP contribution in [0.25, 0.3) is 5.76 Å². The summed E-state index contributed by atoms with van der Waals surface area (Å²) in [5.41, 5.74) is 2.10. The molecule has 3 aliphatic rings. The maximum absolute atomic E-state index is 13.3. The van der Waals surface area contributed by atoms with Gasteiger partial charge in [0.25, 0.3) is 11.7 Å². The number of Topliss-reactive ketones (excluding diaryl/α,β-unsaturated/α-hetero) is 1. The number of carbonyl (C=O) groups is 2. The molecule has 3 aliphatic heterocycles. The van der Waals surface area contributed by atoms with Crippen LogP contribution in [0.15, 0.2) is 48.0 Å². The van der Waals surface area contributed by atoms with E-state index in [1.807, 2.05) is 43.1 Å². The highest BCUT2D eigenvalue weighted by atomic mass is 16.5. The first-order valence-corrected chi connectivity index (χ1v) is 12.1. The Morgan fingerprint density at radius 1 is 1.14 bits per heavy atom. The van der Waals surface area contributed by atoms with Crippen LogP contribution in [0.2, 0.25) is 0 Å². The number of carbonyl (C=O) groups excluding carboxylic acids is 2. The minimum atomic E-state index is -0.722. The summed E-state index contributed by atoms with van der Waals surface area (Å²) in [6, 6.07) is 11.9. The molecule has 0 saturated carbocycles. The zero-order valence-corrected chi connectivity index (χ0v) is 20.0. The van der Waals surface area contributed by atoms with Crippen LogP contribution >= 0.6 is 0 Å². The second-order valence-electron chi connectivity index (χ2n) is 9.04. The molecule has 8 heteroatoms. The van der Waals surface area contributed by atoms with Gasteiger partial charge in [0.2, 0.25) is 0 Å². The predicted molar refractivity (Wildman–Crippen MR) is 131 cm³/mol. The molecule has 2 aromatic carbocycles. The van der Waals surface area contributed by atoms with Crippen LogP contribution in [0.3, 0.4) is 0 Å². The Bertz CT molecular complexity index is 1150. The summed E-state index contributed by atoms with van der Waals surface area (Å²) >= 11 is 0. The van der Waals surface area contributed by atoms with Gasteiger partial charge in [0.1, 0.15) is 23.9 Å². The van der Waals surface area contributed by atoms with Crippen LogP contribution in [-0.2, 0) is 14.3 Å². The first-order valence-electron chi connectivity index (χ1n) is 12.1. The number of likely N-dealkylation sites (N-methyl/N-ethyl adjacent to an activating group) is 1. The second kappa shape index (κ2) is 9.62. The van der Waals surface area contributed by atoms with E-state index in [9.17, 15) is 14.7 Å². The van der Waals surface area contributed by atoms with Gasteiger partial charge in [0.15, 0.2) is 0 Å². The number of rotatable bonds is 6. The van der Waals surface area contributed by atoms with E-state index in [0.29, 0.717) is 37.7 Å². The quantitative estimate of drug-likeness (QED) is 0.386. The minimum Gasteiger partial charge on any atom is -0.507 e. The van der Waals surface area contributed by atoms with Crippen molar-refractivity contribution in [1.29, 1.82) is 0 Å². The summed E-state index contributed by atoms with van der Waals surface area (Å²) in [6.45, 7) is 4.68. The average Bonchev–Trinajstić information content (AvgIpc) is 3.47. The summed E-state index contributed by atoms with van der Waals surface area (Å²) in [7, 11) is 1.95. The lowest BCUT2D eigenvalue weighted by Gasteiger charge is -2.29. The zero-order valence-electron chi connectivity index (χ0n) is 20.0. The Balaban J connectivity index is 1.59. The molecule has 35 heavy (non-hydrogen) atoms. The van der Waals surface area contributed by atoms with Crippen LogP contribution < -0.4 is 14.4 Å². The van der Waals surface area contributed by atoms with Crippen molar-refractivity contribution in [2.45, 2.75) is 31.9 Å².